The third kappa shape index (κ3) is 3.43. The van der Waals surface area contributed by atoms with Crippen LogP contribution in [0.25, 0.3) is 11.0 Å². The molecule has 0 saturated carbocycles. The van der Waals surface area contributed by atoms with Gasteiger partial charge in [0.05, 0.1) is 11.6 Å². The highest BCUT2D eigenvalue weighted by Gasteiger charge is 2.23. The van der Waals surface area contributed by atoms with Crippen LogP contribution >= 0.6 is 0 Å². The average Bonchev–Trinajstić information content (AvgIpc) is 2.90. The number of nitrogens with one attached hydrogen (secondary N) is 1. The van der Waals surface area contributed by atoms with Crippen LogP contribution in [0.4, 0.5) is 5.82 Å². The van der Waals surface area contributed by atoms with Gasteiger partial charge in [0.2, 0.25) is 5.91 Å². The van der Waals surface area contributed by atoms with Crippen molar-refractivity contribution in [2.24, 2.45) is 13.0 Å². The van der Waals surface area contributed by atoms with Gasteiger partial charge in [-0.25, -0.2) is 9.97 Å². The van der Waals surface area contributed by atoms with Crippen molar-refractivity contribution in [3.05, 3.63) is 12.5 Å². The zero-order chi connectivity index (χ0) is 16.4. The molecule has 0 radical (unpaired) electrons. The minimum Gasteiger partial charge on any atom is -0.366 e. The molecule has 1 fully saturated rings. The van der Waals surface area contributed by atoms with Gasteiger partial charge in [0.15, 0.2) is 5.65 Å². The second-order valence-corrected chi connectivity index (χ2v) is 6.63. The summed E-state index contributed by atoms with van der Waals surface area (Å²) in [7, 11) is 1.87. The Hall–Kier alpha value is -2.18. The molecular weight excluding hydrogens is 292 g/mol. The van der Waals surface area contributed by atoms with Crippen molar-refractivity contribution in [3.63, 3.8) is 0 Å². The molecule has 7 heteroatoms. The van der Waals surface area contributed by atoms with E-state index in [4.69, 9.17) is 0 Å². The minimum absolute atomic E-state index is 0.273. The number of anilines is 1. The molecule has 1 amide bonds. The summed E-state index contributed by atoms with van der Waals surface area (Å²) in [6.07, 6.45) is 5.87. The predicted molar refractivity (Wildman–Crippen MR) is 89.0 cm³/mol. The summed E-state index contributed by atoms with van der Waals surface area (Å²) in [5, 5.41) is 8.67. The number of fused-ring (bicyclic) bond motifs is 1. The second-order valence-electron chi connectivity index (χ2n) is 6.63. The van der Waals surface area contributed by atoms with E-state index in [1.807, 2.05) is 11.9 Å². The molecule has 2 aromatic heterocycles. The largest absolute Gasteiger partial charge is 0.366 e. The lowest BCUT2D eigenvalue weighted by Crippen LogP contribution is -2.42. The first-order valence-electron chi connectivity index (χ1n) is 8.21. The fraction of sp³-hybridized carbons (Fsp3) is 0.625. The summed E-state index contributed by atoms with van der Waals surface area (Å²) in [5.74, 6) is 1.52. The first-order valence-corrected chi connectivity index (χ1v) is 8.21. The van der Waals surface area contributed by atoms with Gasteiger partial charge in [0.1, 0.15) is 12.1 Å². The van der Waals surface area contributed by atoms with Gasteiger partial charge in [-0.1, -0.05) is 13.8 Å². The first-order chi connectivity index (χ1) is 11.0. The number of carbonyl (C=O) groups is 1. The number of hydrogen-bond donors (Lipinski definition) is 1. The highest BCUT2D eigenvalue weighted by atomic mass is 16.2. The normalized spacial score (nSPS) is 16.3. The Kier molecular flexibility index (Phi) is 4.45. The van der Waals surface area contributed by atoms with Crippen LogP contribution in [0, 0.1) is 5.92 Å². The smallest absolute Gasteiger partial charge is 0.222 e. The number of carbonyl (C=O) groups excluding carboxylic acids is 1. The second kappa shape index (κ2) is 6.52. The van der Waals surface area contributed by atoms with Crippen molar-refractivity contribution in [1.82, 2.24) is 24.6 Å². The summed E-state index contributed by atoms with van der Waals surface area (Å²) >= 11 is 0. The average molecular weight is 316 g/mol. The van der Waals surface area contributed by atoms with Crippen LogP contribution in [0.1, 0.15) is 33.1 Å². The van der Waals surface area contributed by atoms with Gasteiger partial charge in [0.25, 0.3) is 0 Å². The van der Waals surface area contributed by atoms with E-state index in [0.717, 1.165) is 42.8 Å². The van der Waals surface area contributed by atoms with Gasteiger partial charge in [-0.2, -0.15) is 5.10 Å². The van der Waals surface area contributed by atoms with Crippen LogP contribution in [0.2, 0.25) is 0 Å². The molecule has 0 unspecified atom stereocenters. The Morgan fingerprint density at radius 1 is 1.35 bits per heavy atom. The fourth-order valence-electron chi connectivity index (χ4n) is 3.02. The third-order valence-corrected chi connectivity index (χ3v) is 4.30. The van der Waals surface area contributed by atoms with Crippen molar-refractivity contribution in [3.8, 4) is 0 Å². The summed E-state index contributed by atoms with van der Waals surface area (Å²) in [6, 6.07) is 0.330. The molecule has 2 aromatic rings. The summed E-state index contributed by atoms with van der Waals surface area (Å²) in [5.41, 5.74) is 0.826. The van der Waals surface area contributed by atoms with Crippen LogP contribution in [0.3, 0.4) is 0 Å². The molecule has 3 rings (SSSR count). The molecular formula is C16H24N6O. The van der Waals surface area contributed by atoms with Gasteiger partial charge in [-0.15, -0.1) is 0 Å². The Labute approximate surface area is 136 Å². The summed E-state index contributed by atoms with van der Waals surface area (Å²) in [4.78, 5) is 22.7. The third-order valence-electron chi connectivity index (χ3n) is 4.30. The van der Waals surface area contributed by atoms with E-state index >= 15 is 0 Å². The number of nitrogens with zero attached hydrogens (tertiary/aromatic N) is 5. The van der Waals surface area contributed by atoms with E-state index in [-0.39, 0.29) is 5.91 Å². The van der Waals surface area contributed by atoms with E-state index in [9.17, 15) is 4.79 Å². The molecule has 3 heterocycles. The summed E-state index contributed by atoms with van der Waals surface area (Å²) < 4.78 is 1.75. The van der Waals surface area contributed by atoms with E-state index in [0.29, 0.717) is 18.4 Å². The number of hydrogen-bond acceptors (Lipinski definition) is 5. The van der Waals surface area contributed by atoms with E-state index in [1.165, 1.54) is 0 Å². The fourth-order valence-corrected chi connectivity index (χ4v) is 3.02. The number of aromatic nitrogens is 4. The molecule has 23 heavy (non-hydrogen) atoms. The van der Waals surface area contributed by atoms with E-state index in [1.54, 1.807) is 17.2 Å². The molecule has 1 saturated heterocycles. The first kappa shape index (κ1) is 15.7. The highest BCUT2D eigenvalue weighted by Crippen LogP contribution is 2.22. The molecule has 1 aliphatic rings. The molecule has 1 N–H and O–H groups in total. The van der Waals surface area contributed by atoms with Crippen molar-refractivity contribution in [1.29, 1.82) is 0 Å². The topological polar surface area (TPSA) is 75.9 Å². The maximum atomic E-state index is 12.1. The number of amides is 1. The molecule has 1 aliphatic heterocycles. The Morgan fingerprint density at radius 2 is 2.09 bits per heavy atom. The number of piperidine rings is 1. The standard InChI is InChI=1S/C16H24N6O/c1-11(2)8-14(23)22-6-4-12(5-7-22)20-15-13-9-19-21(3)16(13)18-10-17-15/h9-12H,4-8H2,1-3H3,(H,17,18,20). The van der Waals surface area contributed by atoms with Crippen LogP contribution in [0.15, 0.2) is 12.5 Å². The molecule has 0 spiro atoms. The Bertz CT molecular complexity index is 687. The number of likely N-dealkylation sites (tertiary alicyclic amines) is 1. The van der Waals surface area contributed by atoms with Gasteiger partial charge < -0.3 is 10.2 Å². The van der Waals surface area contributed by atoms with Crippen molar-refractivity contribution in [2.45, 2.75) is 39.2 Å². The van der Waals surface area contributed by atoms with Crippen LogP contribution in [-0.4, -0.2) is 49.7 Å². The molecule has 0 atom stereocenters. The molecule has 0 bridgehead atoms. The Balaban J connectivity index is 1.61. The van der Waals surface area contributed by atoms with Crippen LogP contribution in [-0.2, 0) is 11.8 Å². The molecule has 0 aliphatic carbocycles. The van der Waals surface area contributed by atoms with E-state index in [2.05, 4.69) is 34.2 Å². The SMILES string of the molecule is CC(C)CC(=O)N1CCC(Nc2ncnc3c2cnn3C)CC1. The zero-order valence-electron chi connectivity index (χ0n) is 14.0. The number of aryl methyl sites for hydroxylation is 1. The van der Waals surface area contributed by atoms with Crippen molar-refractivity contribution in [2.75, 3.05) is 18.4 Å². The maximum Gasteiger partial charge on any atom is 0.222 e. The molecule has 7 nitrogen and oxygen atoms in total. The van der Waals surface area contributed by atoms with Gasteiger partial charge in [0, 0.05) is 32.6 Å². The molecule has 0 aromatic carbocycles. The van der Waals surface area contributed by atoms with Crippen molar-refractivity contribution < 1.29 is 4.79 Å². The van der Waals surface area contributed by atoms with Crippen LogP contribution < -0.4 is 5.32 Å². The van der Waals surface area contributed by atoms with Crippen molar-refractivity contribution >= 4 is 22.8 Å². The molecule has 124 valence electrons. The van der Waals surface area contributed by atoms with Gasteiger partial charge in [-0.05, 0) is 18.8 Å². The zero-order valence-corrected chi connectivity index (χ0v) is 14.0. The van der Waals surface area contributed by atoms with E-state index < -0.39 is 0 Å². The lowest BCUT2D eigenvalue weighted by Gasteiger charge is -2.33. The summed E-state index contributed by atoms with van der Waals surface area (Å²) in [6.45, 7) is 5.79. The van der Waals surface area contributed by atoms with Crippen LogP contribution in [0.5, 0.6) is 0 Å². The minimum atomic E-state index is 0.273. The van der Waals surface area contributed by atoms with Gasteiger partial charge in [-0.3, -0.25) is 9.48 Å². The lowest BCUT2D eigenvalue weighted by atomic mass is 10.0. The quantitative estimate of drug-likeness (QED) is 0.931. The maximum absolute atomic E-state index is 12.1. The highest BCUT2D eigenvalue weighted by molar-refractivity contribution is 5.86. The number of rotatable bonds is 4. The monoisotopic (exact) mass is 316 g/mol. The Morgan fingerprint density at radius 3 is 2.78 bits per heavy atom. The lowest BCUT2D eigenvalue weighted by molar-refractivity contribution is -0.132. The van der Waals surface area contributed by atoms with Gasteiger partial charge >= 0.3 is 0 Å². The predicted octanol–water partition coefficient (Wildman–Crippen LogP) is 1.81.